The zero-order valence-corrected chi connectivity index (χ0v) is 19.5. The minimum absolute atomic E-state index is 0.216. The molecule has 3 aromatic carbocycles. The fourth-order valence-corrected chi connectivity index (χ4v) is 4.11. The van der Waals surface area contributed by atoms with Gasteiger partial charge in [-0.3, -0.25) is 4.98 Å². The summed E-state index contributed by atoms with van der Waals surface area (Å²) in [6.45, 7) is 0.216. The third-order valence-electron chi connectivity index (χ3n) is 4.74. The van der Waals surface area contributed by atoms with Gasteiger partial charge in [0.1, 0.15) is 24.0 Å². The van der Waals surface area contributed by atoms with Crippen LogP contribution in [0.25, 0.3) is 22.4 Å². The van der Waals surface area contributed by atoms with Gasteiger partial charge in [-0.1, -0.05) is 70.7 Å². The van der Waals surface area contributed by atoms with Crippen molar-refractivity contribution >= 4 is 46.4 Å². The van der Waals surface area contributed by atoms with Crippen LogP contribution in [0.4, 0.5) is 0 Å². The number of nitrogens with zero attached hydrogens (tertiary/aromatic N) is 2. The topological polar surface area (TPSA) is 45.9 Å². The van der Waals surface area contributed by atoms with E-state index in [-0.39, 0.29) is 6.61 Å². The maximum absolute atomic E-state index is 9.77. The molecular formula is C25H14Cl4N2O. The fraction of sp³-hybridized carbons (Fsp3) is 0.0400. The Kier molecular flexibility index (Phi) is 6.89. The van der Waals surface area contributed by atoms with Gasteiger partial charge in [0.2, 0.25) is 0 Å². The second-order valence-electron chi connectivity index (χ2n) is 6.89. The highest BCUT2D eigenvalue weighted by molar-refractivity contribution is 6.36. The second kappa shape index (κ2) is 9.81. The monoisotopic (exact) mass is 498 g/mol. The predicted molar refractivity (Wildman–Crippen MR) is 131 cm³/mol. The summed E-state index contributed by atoms with van der Waals surface area (Å²) in [5.41, 5.74) is 3.80. The SMILES string of the molecule is N#Cc1cnc(-c2ccc(Cl)cc2Cl)c(-c2ccc(Cl)cc2)c1OCc1cccc(Cl)c1. The van der Waals surface area contributed by atoms with E-state index in [0.29, 0.717) is 48.2 Å². The third-order valence-corrected chi connectivity index (χ3v) is 5.78. The number of ether oxygens (including phenoxy) is 1. The van der Waals surface area contributed by atoms with Crippen molar-refractivity contribution in [2.45, 2.75) is 6.61 Å². The lowest BCUT2D eigenvalue weighted by molar-refractivity contribution is 0.306. The second-order valence-corrected chi connectivity index (χ2v) is 8.60. The normalized spacial score (nSPS) is 10.6. The van der Waals surface area contributed by atoms with Crippen molar-refractivity contribution < 1.29 is 4.74 Å². The predicted octanol–water partition coefficient (Wildman–Crippen LogP) is 8.48. The van der Waals surface area contributed by atoms with E-state index in [9.17, 15) is 5.26 Å². The van der Waals surface area contributed by atoms with E-state index in [1.54, 1.807) is 36.4 Å². The largest absolute Gasteiger partial charge is 0.487 e. The Bertz CT molecular complexity index is 1330. The van der Waals surface area contributed by atoms with Gasteiger partial charge in [0.05, 0.1) is 16.3 Å². The molecular weight excluding hydrogens is 486 g/mol. The molecule has 0 fully saturated rings. The minimum atomic E-state index is 0.216. The van der Waals surface area contributed by atoms with Crippen LogP contribution in [0.15, 0.2) is 72.9 Å². The Labute approximate surface area is 205 Å². The average molecular weight is 500 g/mol. The number of nitriles is 1. The summed E-state index contributed by atoms with van der Waals surface area (Å²) in [5.74, 6) is 0.394. The lowest BCUT2D eigenvalue weighted by Gasteiger charge is -2.18. The molecule has 7 heteroatoms. The Hall–Kier alpha value is -2.74. The number of rotatable bonds is 5. The highest BCUT2D eigenvalue weighted by atomic mass is 35.5. The molecule has 0 saturated carbocycles. The van der Waals surface area contributed by atoms with Crippen molar-refractivity contribution in [3.05, 3.63) is 104 Å². The summed E-state index contributed by atoms with van der Waals surface area (Å²) < 4.78 is 6.19. The standard InChI is InChI=1S/C25H14Cl4N2O/c26-18-6-4-16(5-7-18)23-24(21-9-8-20(28)11-22(21)29)31-13-17(12-30)25(23)32-14-15-2-1-3-19(27)10-15/h1-11,13H,14H2. The van der Waals surface area contributed by atoms with Crippen molar-refractivity contribution in [2.24, 2.45) is 0 Å². The van der Waals surface area contributed by atoms with Crippen molar-refractivity contribution in [1.82, 2.24) is 4.98 Å². The lowest BCUT2D eigenvalue weighted by Crippen LogP contribution is -2.02. The van der Waals surface area contributed by atoms with Crippen molar-refractivity contribution in [1.29, 1.82) is 5.26 Å². The summed E-state index contributed by atoms with van der Waals surface area (Å²) >= 11 is 24.8. The van der Waals surface area contributed by atoms with Crippen LogP contribution in [0, 0.1) is 11.3 Å². The maximum Gasteiger partial charge on any atom is 0.149 e. The first-order valence-corrected chi connectivity index (χ1v) is 11.0. The summed E-state index contributed by atoms with van der Waals surface area (Å²) in [4.78, 5) is 4.55. The maximum atomic E-state index is 9.77. The van der Waals surface area contributed by atoms with Crippen LogP contribution in [0.3, 0.4) is 0 Å². The smallest absolute Gasteiger partial charge is 0.149 e. The molecule has 4 aromatic rings. The zero-order valence-electron chi connectivity index (χ0n) is 16.4. The van der Waals surface area contributed by atoms with E-state index in [1.807, 2.05) is 30.3 Å². The zero-order chi connectivity index (χ0) is 22.7. The van der Waals surface area contributed by atoms with Gasteiger partial charge >= 0.3 is 0 Å². The number of hydrogen-bond donors (Lipinski definition) is 0. The van der Waals surface area contributed by atoms with Crippen LogP contribution in [0.1, 0.15) is 11.1 Å². The Morgan fingerprint density at radius 1 is 0.844 bits per heavy atom. The molecule has 3 nitrogen and oxygen atoms in total. The molecule has 0 spiro atoms. The molecule has 0 atom stereocenters. The molecule has 32 heavy (non-hydrogen) atoms. The van der Waals surface area contributed by atoms with Crippen LogP contribution < -0.4 is 4.74 Å². The highest BCUT2D eigenvalue weighted by Gasteiger charge is 2.21. The molecule has 0 aliphatic heterocycles. The van der Waals surface area contributed by atoms with Gasteiger partial charge in [0, 0.05) is 26.8 Å². The van der Waals surface area contributed by atoms with Crippen LogP contribution in [-0.4, -0.2) is 4.98 Å². The first-order valence-electron chi connectivity index (χ1n) is 9.48. The van der Waals surface area contributed by atoms with Gasteiger partial charge < -0.3 is 4.74 Å². The first kappa shape index (κ1) is 22.5. The summed E-state index contributed by atoms with van der Waals surface area (Å²) in [6, 6.07) is 21.9. The first-order chi connectivity index (χ1) is 15.5. The molecule has 0 N–H and O–H groups in total. The molecule has 0 unspecified atom stereocenters. The average Bonchev–Trinajstić information content (AvgIpc) is 2.78. The Balaban J connectivity index is 1.91. The van der Waals surface area contributed by atoms with Gasteiger partial charge in [-0.05, 0) is 53.6 Å². The number of aromatic nitrogens is 1. The molecule has 0 aliphatic rings. The molecule has 0 saturated heterocycles. The molecule has 1 heterocycles. The van der Waals surface area contributed by atoms with Crippen molar-refractivity contribution in [3.63, 3.8) is 0 Å². The summed E-state index contributed by atoms with van der Waals surface area (Å²) in [5, 5.41) is 11.9. The van der Waals surface area contributed by atoms with Crippen molar-refractivity contribution in [3.8, 4) is 34.2 Å². The van der Waals surface area contributed by atoms with E-state index in [0.717, 1.165) is 11.1 Å². The molecule has 0 bridgehead atoms. The summed E-state index contributed by atoms with van der Waals surface area (Å²) in [7, 11) is 0. The number of pyridine rings is 1. The van der Waals surface area contributed by atoms with E-state index < -0.39 is 0 Å². The lowest BCUT2D eigenvalue weighted by atomic mass is 9.96. The molecule has 1 aromatic heterocycles. The van der Waals surface area contributed by atoms with Gasteiger partial charge in [-0.15, -0.1) is 0 Å². The van der Waals surface area contributed by atoms with Gasteiger partial charge in [-0.2, -0.15) is 5.26 Å². The number of halogens is 4. The van der Waals surface area contributed by atoms with Crippen molar-refractivity contribution in [2.75, 3.05) is 0 Å². The molecule has 0 amide bonds. The van der Waals surface area contributed by atoms with E-state index in [4.69, 9.17) is 51.1 Å². The van der Waals surface area contributed by atoms with E-state index >= 15 is 0 Å². The minimum Gasteiger partial charge on any atom is -0.487 e. The molecule has 4 rings (SSSR count). The number of hydrogen-bond acceptors (Lipinski definition) is 3. The Morgan fingerprint density at radius 3 is 2.25 bits per heavy atom. The number of benzene rings is 3. The van der Waals surface area contributed by atoms with Crippen LogP contribution in [0.2, 0.25) is 20.1 Å². The third kappa shape index (κ3) is 4.85. The van der Waals surface area contributed by atoms with E-state index in [1.165, 1.54) is 6.20 Å². The Morgan fingerprint density at radius 2 is 1.56 bits per heavy atom. The molecule has 0 aliphatic carbocycles. The quantitative estimate of drug-likeness (QED) is 0.276. The van der Waals surface area contributed by atoms with Gasteiger partial charge in [0.25, 0.3) is 0 Å². The van der Waals surface area contributed by atoms with Crippen LogP contribution in [-0.2, 0) is 6.61 Å². The fourth-order valence-electron chi connectivity index (χ4n) is 3.28. The van der Waals surface area contributed by atoms with Gasteiger partial charge in [0.15, 0.2) is 0 Å². The highest BCUT2D eigenvalue weighted by Crippen LogP contribution is 2.43. The van der Waals surface area contributed by atoms with Crippen LogP contribution >= 0.6 is 46.4 Å². The molecule has 0 radical (unpaired) electrons. The van der Waals surface area contributed by atoms with E-state index in [2.05, 4.69) is 11.1 Å². The van der Waals surface area contributed by atoms with Crippen LogP contribution in [0.5, 0.6) is 5.75 Å². The van der Waals surface area contributed by atoms with Gasteiger partial charge in [-0.25, -0.2) is 0 Å². The summed E-state index contributed by atoms with van der Waals surface area (Å²) in [6.07, 6.45) is 1.48. The molecule has 158 valence electrons.